The molecule has 1 fully saturated rings. The van der Waals surface area contributed by atoms with Gasteiger partial charge in [0.2, 0.25) is 5.91 Å². The van der Waals surface area contributed by atoms with Crippen LogP contribution in [0, 0.1) is 5.41 Å². The molecule has 0 unspecified atom stereocenters. The summed E-state index contributed by atoms with van der Waals surface area (Å²) >= 11 is 0. The Morgan fingerprint density at radius 2 is 2.00 bits per heavy atom. The van der Waals surface area contributed by atoms with Gasteiger partial charge in [-0.25, -0.2) is 0 Å². The highest BCUT2D eigenvalue weighted by Crippen LogP contribution is 2.31. The molecule has 0 aliphatic carbocycles. The fraction of sp³-hybridized carbons (Fsp3) is 0.917. The zero-order valence-electron chi connectivity index (χ0n) is 10.5. The summed E-state index contributed by atoms with van der Waals surface area (Å²) < 4.78 is 5.32. The first-order valence-electron chi connectivity index (χ1n) is 6.27. The summed E-state index contributed by atoms with van der Waals surface area (Å²) in [6.07, 6.45) is 2.53. The van der Waals surface area contributed by atoms with E-state index in [0.717, 1.165) is 32.4 Å². The van der Waals surface area contributed by atoms with Gasteiger partial charge in [-0.2, -0.15) is 0 Å². The molecule has 0 radical (unpaired) electrons. The first-order valence-corrected chi connectivity index (χ1v) is 6.27. The molecule has 0 aromatic heterocycles. The molecule has 1 heterocycles. The Kier molecular flexibility index (Phi) is 5.22. The van der Waals surface area contributed by atoms with E-state index < -0.39 is 0 Å². The standard InChI is InChI=1S/C12H24N2O2/c1-3-7-14(4-2)11(15)12(10-13)5-8-16-9-6-12/h3-10,13H2,1-2H3. The lowest BCUT2D eigenvalue weighted by molar-refractivity contribution is -0.147. The second kappa shape index (κ2) is 6.21. The van der Waals surface area contributed by atoms with E-state index in [2.05, 4.69) is 6.92 Å². The minimum atomic E-state index is -0.358. The average molecular weight is 228 g/mol. The zero-order valence-corrected chi connectivity index (χ0v) is 10.5. The molecular formula is C12H24N2O2. The maximum absolute atomic E-state index is 12.5. The maximum atomic E-state index is 12.5. The van der Waals surface area contributed by atoms with E-state index in [4.69, 9.17) is 10.5 Å². The summed E-state index contributed by atoms with van der Waals surface area (Å²) in [5, 5.41) is 0. The molecule has 1 saturated heterocycles. The first kappa shape index (κ1) is 13.5. The molecule has 0 bridgehead atoms. The lowest BCUT2D eigenvalue weighted by Gasteiger charge is -2.38. The van der Waals surface area contributed by atoms with Crippen molar-refractivity contribution in [3.05, 3.63) is 0 Å². The van der Waals surface area contributed by atoms with Crippen LogP contribution in [0.15, 0.2) is 0 Å². The van der Waals surface area contributed by atoms with Crippen LogP contribution in [0.2, 0.25) is 0 Å². The van der Waals surface area contributed by atoms with Crippen LogP contribution in [-0.4, -0.2) is 43.7 Å². The van der Waals surface area contributed by atoms with Crippen LogP contribution in [0.1, 0.15) is 33.1 Å². The lowest BCUT2D eigenvalue weighted by atomic mass is 9.79. The lowest BCUT2D eigenvalue weighted by Crippen LogP contribution is -2.51. The Balaban J connectivity index is 2.73. The third kappa shape index (κ3) is 2.74. The molecular weight excluding hydrogens is 204 g/mol. The highest BCUT2D eigenvalue weighted by molar-refractivity contribution is 5.83. The van der Waals surface area contributed by atoms with Crippen LogP contribution in [-0.2, 0) is 9.53 Å². The fourth-order valence-corrected chi connectivity index (χ4v) is 2.28. The van der Waals surface area contributed by atoms with E-state index in [-0.39, 0.29) is 11.3 Å². The van der Waals surface area contributed by atoms with E-state index in [1.807, 2.05) is 11.8 Å². The van der Waals surface area contributed by atoms with E-state index in [1.54, 1.807) is 0 Å². The Morgan fingerprint density at radius 3 is 2.44 bits per heavy atom. The van der Waals surface area contributed by atoms with Crippen molar-refractivity contribution >= 4 is 5.91 Å². The van der Waals surface area contributed by atoms with Gasteiger partial charge in [-0.15, -0.1) is 0 Å². The van der Waals surface area contributed by atoms with Gasteiger partial charge in [0.15, 0.2) is 0 Å². The minimum Gasteiger partial charge on any atom is -0.381 e. The largest absolute Gasteiger partial charge is 0.381 e. The van der Waals surface area contributed by atoms with Crippen LogP contribution in [0.4, 0.5) is 0 Å². The summed E-state index contributed by atoms with van der Waals surface area (Å²) in [5.41, 5.74) is 5.47. The van der Waals surface area contributed by atoms with Gasteiger partial charge in [0.05, 0.1) is 5.41 Å². The van der Waals surface area contributed by atoms with Crippen LogP contribution in [0.5, 0.6) is 0 Å². The number of carbonyl (C=O) groups excluding carboxylic acids is 1. The molecule has 0 aromatic carbocycles. The molecule has 0 spiro atoms. The molecule has 0 saturated carbocycles. The second-order valence-corrected chi connectivity index (χ2v) is 4.48. The SMILES string of the molecule is CCCN(CC)C(=O)C1(CN)CCOCC1. The van der Waals surface area contributed by atoms with E-state index in [9.17, 15) is 4.79 Å². The van der Waals surface area contributed by atoms with Crippen molar-refractivity contribution in [1.29, 1.82) is 0 Å². The first-order chi connectivity index (χ1) is 7.70. The Hall–Kier alpha value is -0.610. The molecule has 2 N–H and O–H groups in total. The van der Waals surface area contributed by atoms with Gasteiger partial charge in [-0.3, -0.25) is 4.79 Å². The Labute approximate surface area is 98.1 Å². The Bertz CT molecular complexity index is 225. The quantitative estimate of drug-likeness (QED) is 0.764. The number of rotatable bonds is 5. The summed E-state index contributed by atoms with van der Waals surface area (Å²) in [5.74, 6) is 0.225. The molecule has 16 heavy (non-hydrogen) atoms. The molecule has 0 aromatic rings. The highest BCUT2D eigenvalue weighted by atomic mass is 16.5. The third-order valence-electron chi connectivity index (χ3n) is 3.46. The smallest absolute Gasteiger partial charge is 0.230 e. The minimum absolute atomic E-state index is 0.225. The highest BCUT2D eigenvalue weighted by Gasteiger charge is 2.40. The predicted octanol–water partition coefficient (Wildman–Crippen LogP) is 1.00. The van der Waals surface area contributed by atoms with Crippen molar-refractivity contribution in [3.8, 4) is 0 Å². The van der Waals surface area contributed by atoms with Crippen molar-refractivity contribution < 1.29 is 9.53 Å². The average Bonchev–Trinajstić information content (AvgIpc) is 2.36. The summed E-state index contributed by atoms with van der Waals surface area (Å²) in [4.78, 5) is 14.4. The van der Waals surface area contributed by atoms with Crippen LogP contribution >= 0.6 is 0 Å². The van der Waals surface area contributed by atoms with Crippen molar-refractivity contribution in [3.63, 3.8) is 0 Å². The molecule has 1 rings (SSSR count). The number of ether oxygens (including phenoxy) is 1. The number of nitrogens with two attached hydrogens (primary N) is 1. The van der Waals surface area contributed by atoms with E-state index in [1.165, 1.54) is 0 Å². The summed E-state index contributed by atoms with van der Waals surface area (Å²) in [6, 6.07) is 0. The molecule has 1 aliphatic rings. The third-order valence-corrected chi connectivity index (χ3v) is 3.46. The van der Waals surface area contributed by atoms with Crippen LogP contribution in [0.3, 0.4) is 0 Å². The van der Waals surface area contributed by atoms with E-state index in [0.29, 0.717) is 19.8 Å². The van der Waals surface area contributed by atoms with Crippen molar-refractivity contribution in [1.82, 2.24) is 4.90 Å². The molecule has 1 amide bonds. The van der Waals surface area contributed by atoms with Crippen LogP contribution < -0.4 is 5.73 Å². The monoisotopic (exact) mass is 228 g/mol. The topological polar surface area (TPSA) is 55.6 Å². The number of amides is 1. The second-order valence-electron chi connectivity index (χ2n) is 4.48. The molecule has 4 nitrogen and oxygen atoms in total. The van der Waals surface area contributed by atoms with E-state index >= 15 is 0 Å². The number of hydrogen-bond acceptors (Lipinski definition) is 3. The number of nitrogens with zero attached hydrogens (tertiary/aromatic N) is 1. The Morgan fingerprint density at radius 1 is 1.38 bits per heavy atom. The summed E-state index contributed by atoms with van der Waals surface area (Å²) in [6.45, 7) is 7.48. The van der Waals surface area contributed by atoms with Gasteiger partial charge in [-0.1, -0.05) is 6.92 Å². The number of carbonyl (C=O) groups is 1. The maximum Gasteiger partial charge on any atom is 0.230 e. The fourth-order valence-electron chi connectivity index (χ4n) is 2.28. The molecule has 94 valence electrons. The van der Waals surface area contributed by atoms with Gasteiger partial charge >= 0.3 is 0 Å². The summed E-state index contributed by atoms with van der Waals surface area (Å²) in [7, 11) is 0. The van der Waals surface area contributed by atoms with Gasteiger partial charge in [0, 0.05) is 32.8 Å². The zero-order chi connectivity index (χ0) is 12.0. The van der Waals surface area contributed by atoms with Crippen molar-refractivity contribution in [2.75, 3.05) is 32.8 Å². The molecule has 4 heteroatoms. The molecule has 1 aliphatic heterocycles. The number of hydrogen-bond donors (Lipinski definition) is 1. The normalized spacial score (nSPS) is 19.4. The van der Waals surface area contributed by atoms with Crippen LogP contribution in [0.25, 0.3) is 0 Å². The van der Waals surface area contributed by atoms with Crippen molar-refractivity contribution in [2.24, 2.45) is 11.1 Å². The predicted molar refractivity (Wildman–Crippen MR) is 64.1 cm³/mol. The van der Waals surface area contributed by atoms with Crippen molar-refractivity contribution in [2.45, 2.75) is 33.1 Å². The van der Waals surface area contributed by atoms with Gasteiger partial charge < -0.3 is 15.4 Å². The van der Waals surface area contributed by atoms with Gasteiger partial charge in [0.25, 0.3) is 0 Å². The van der Waals surface area contributed by atoms with Gasteiger partial charge in [0.1, 0.15) is 0 Å². The van der Waals surface area contributed by atoms with Gasteiger partial charge in [-0.05, 0) is 26.2 Å². The molecule has 0 atom stereocenters.